The summed E-state index contributed by atoms with van der Waals surface area (Å²) in [5, 5.41) is 0. The SMILES string of the molecule is CNS(=O)(=O)c1ccc(OC)c(C(=O)OC)c1. The summed E-state index contributed by atoms with van der Waals surface area (Å²) in [4.78, 5) is 11.4. The average molecular weight is 259 g/mol. The maximum absolute atomic E-state index is 11.6. The molecular weight excluding hydrogens is 246 g/mol. The third-order valence-electron chi connectivity index (χ3n) is 2.16. The van der Waals surface area contributed by atoms with E-state index in [0.717, 1.165) is 0 Å². The molecule has 0 spiro atoms. The Labute approximate surface area is 99.6 Å². The summed E-state index contributed by atoms with van der Waals surface area (Å²) < 4.78 is 34.8. The van der Waals surface area contributed by atoms with E-state index in [0.29, 0.717) is 0 Å². The Bertz CT molecular complexity index is 523. The number of hydrogen-bond acceptors (Lipinski definition) is 5. The minimum Gasteiger partial charge on any atom is -0.496 e. The monoisotopic (exact) mass is 259 g/mol. The highest BCUT2D eigenvalue weighted by Crippen LogP contribution is 2.22. The van der Waals surface area contributed by atoms with Gasteiger partial charge in [-0.05, 0) is 25.2 Å². The second-order valence-electron chi connectivity index (χ2n) is 3.06. The Morgan fingerprint density at radius 1 is 1.29 bits per heavy atom. The molecule has 94 valence electrons. The van der Waals surface area contributed by atoms with Crippen molar-refractivity contribution in [2.75, 3.05) is 21.3 Å². The normalized spacial score (nSPS) is 11.0. The molecule has 0 aliphatic rings. The smallest absolute Gasteiger partial charge is 0.341 e. The van der Waals surface area contributed by atoms with Gasteiger partial charge in [0, 0.05) is 0 Å². The van der Waals surface area contributed by atoms with Crippen LogP contribution < -0.4 is 9.46 Å². The zero-order chi connectivity index (χ0) is 13.1. The Balaban J connectivity index is 3.37. The van der Waals surface area contributed by atoms with Crippen molar-refractivity contribution in [3.63, 3.8) is 0 Å². The lowest BCUT2D eigenvalue weighted by Gasteiger charge is -2.09. The highest BCUT2D eigenvalue weighted by atomic mass is 32.2. The van der Waals surface area contributed by atoms with Gasteiger partial charge in [0.05, 0.1) is 19.1 Å². The third kappa shape index (κ3) is 2.75. The van der Waals surface area contributed by atoms with Crippen molar-refractivity contribution < 1.29 is 22.7 Å². The van der Waals surface area contributed by atoms with E-state index in [2.05, 4.69) is 9.46 Å². The lowest BCUT2D eigenvalue weighted by atomic mass is 10.2. The van der Waals surface area contributed by atoms with Crippen molar-refractivity contribution in [2.24, 2.45) is 0 Å². The third-order valence-corrected chi connectivity index (χ3v) is 3.57. The van der Waals surface area contributed by atoms with E-state index >= 15 is 0 Å². The molecule has 6 nitrogen and oxygen atoms in total. The molecule has 1 rings (SSSR count). The van der Waals surface area contributed by atoms with E-state index in [1.54, 1.807) is 0 Å². The molecule has 1 N–H and O–H groups in total. The molecule has 0 unspecified atom stereocenters. The molecule has 0 aromatic heterocycles. The van der Waals surface area contributed by atoms with Crippen LogP contribution in [0.15, 0.2) is 23.1 Å². The van der Waals surface area contributed by atoms with Gasteiger partial charge in [0.1, 0.15) is 11.3 Å². The fraction of sp³-hybridized carbons (Fsp3) is 0.300. The van der Waals surface area contributed by atoms with Gasteiger partial charge in [0.15, 0.2) is 0 Å². The summed E-state index contributed by atoms with van der Waals surface area (Å²) in [5.74, 6) is -0.401. The molecule has 1 aromatic carbocycles. The van der Waals surface area contributed by atoms with Crippen molar-refractivity contribution in [3.8, 4) is 5.75 Å². The van der Waals surface area contributed by atoms with E-state index in [1.165, 1.54) is 39.5 Å². The molecule has 0 radical (unpaired) electrons. The van der Waals surface area contributed by atoms with Crippen LogP contribution in [-0.4, -0.2) is 35.7 Å². The van der Waals surface area contributed by atoms with Crippen molar-refractivity contribution in [3.05, 3.63) is 23.8 Å². The number of carbonyl (C=O) groups is 1. The van der Waals surface area contributed by atoms with Gasteiger partial charge >= 0.3 is 5.97 Å². The molecule has 0 atom stereocenters. The summed E-state index contributed by atoms with van der Waals surface area (Å²) in [6.07, 6.45) is 0. The van der Waals surface area contributed by atoms with E-state index in [4.69, 9.17) is 4.74 Å². The number of sulfonamides is 1. The fourth-order valence-electron chi connectivity index (χ4n) is 1.24. The molecule has 0 aliphatic carbocycles. The van der Waals surface area contributed by atoms with E-state index in [9.17, 15) is 13.2 Å². The first-order valence-corrected chi connectivity index (χ1v) is 6.14. The summed E-state index contributed by atoms with van der Waals surface area (Å²) >= 11 is 0. The molecule has 0 amide bonds. The lowest BCUT2D eigenvalue weighted by molar-refractivity contribution is 0.0597. The zero-order valence-electron chi connectivity index (χ0n) is 9.68. The first kappa shape index (κ1) is 13.5. The van der Waals surface area contributed by atoms with Crippen molar-refractivity contribution in [2.45, 2.75) is 4.90 Å². The van der Waals surface area contributed by atoms with E-state index in [-0.39, 0.29) is 16.2 Å². The number of carbonyl (C=O) groups excluding carboxylic acids is 1. The van der Waals surface area contributed by atoms with Gasteiger partial charge in [-0.1, -0.05) is 0 Å². The highest BCUT2D eigenvalue weighted by Gasteiger charge is 2.18. The lowest BCUT2D eigenvalue weighted by Crippen LogP contribution is -2.19. The van der Waals surface area contributed by atoms with Gasteiger partial charge in [-0.3, -0.25) is 0 Å². The minimum absolute atomic E-state index is 0.0267. The maximum Gasteiger partial charge on any atom is 0.341 e. The number of nitrogens with one attached hydrogen (secondary N) is 1. The van der Waals surface area contributed by atoms with Gasteiger partial charge in [-0.25, -0.2) is 17.9 Å². The van der Waals surface area contributed by atoms with Crippen LogP contribution in [0.2, 0.25) is 0 Å². The minimum atomic E-state index is -3.60. The number of rotatable bonds is 4. The number of benzene rings is 1. The van der Waals surface area contributed by atoms with E-state index in [1.807, 2.05) is 0 Å². The van der Waals surface area contributed by atoms with E-state index < -0.39 is 16.0 Å². The maximum atomic E-state index is 11.6. The van der Waals surface area contributed by atoms with Gasteiger partial charge in [-0.15, -0.1) is 0 Å². The molecule has 0 fully saturated rings. The summed E-state index contributed by atoms with van der Waals surface area (Å²) in [6, 6.07) is 3.95. The summed E-state index contributed by atoms with van der Waals surface area (Å²) in [7, 11) is 0.281. The standard InChI is InChI=1S/C10H13NO5S/c1-11-17(13,14)7-4-5-9(15-2)8(6-7)10(12)16-3/h4-6,11H,1-3H3. The first-order valence-electron chi connectivity index (χ1n) is 4.66. The molecule has 0 aliphatic heterocycles. The number of ether oxygens (including phenoxy) is 2. The number of hydrogen-bond donors (Lipinski definition) is 1. The van der Waals surface area contributed by atoms with Gasteiger partial charge in [-0.2, -0.15) is 0 Å². The molecular formula is C10H13NO5S. The molecule has 0 saturated carbocycles. The Morgan fingerprint density at radius 3 is 2.41 bits per heavy atom. The summed E-state index contributed by atoms with van der Waals surface area (Å²) in [5.41, 5.74) is 0.0614. The van der Waals surface area contributed by atoms with Crippen molar-refractivity contribution >= 4 is 16.0 Å². The number of methoxy groups -OCH3 is 2. The quantitative estimate of drug-likeness (QED) is 0.791. The molecule has 0 bridgehead atoms. The van der Waals surface area contributed by atoms with Crippen LogP contribution in [0.5, 0.6) is 5.75 Å². The summed E-state index contributed by atoms with van der Waals surface area (Å²) in [6.45, 7) is 0. The topological polar surface area (TPSA) is 81.7 Å². The molecule has 0 heterocycles. The van der Waals surface area contributed by atoms with Crippen molar-refractivity contribution in [1.29, 1.82) is 0 Å². The van der Waals surface area contributed by atoms with Crippen LogP contribution in [0.3, 0.4) is 0 Å². The Hall–Kier alpha value is -1.60. The number of esters is 1. The Morgan fingerprint density at radius 2 is 1.94 bits per heavy atom. The van der Waals surface area contributed by atoms with Crippen molar-refractivity contribution in [1.82, 2.24) is 4.72 Å². The fourth-order valence-corrected chi connectivity index (χ4v) is 2.00. The van der Waals surface area contributed by atoms with Crippen LogP contribution in [0, 0.1) is 0 Å². The van der Waals surface area contributed by atoms with Crippen LogP contribution >= 0.6 is 0 Å². The predicted molar refractivity (Wildman–Crippen MR) is 60.6 cm³/mol. The van der Waals surface area contributed by atoms with Gasteiger partial charge < -0.3 is 9.47 Å². The largest absolute Gasteiger partial charge is 0.496 e. The average Bonchev–Trinajstić information content (AvgIpc) is 2.36. The second-order valence-corrected chi connectivity index (χ2v) is 4.95. The Kier molecular flexibility index (Phi) is 4.08. The van der Waals surface area contributed by atoms with Gasteiger partial charge in [0.25, 0.3) is 0 Å². The molecule has 7 heteroatoms. The van der Waals surface area contributed by atoms with Gasteiger partial charge in [0.2, 0.25) is 10.0 Å². The molecule has 0 saturated heterocycles. The first-order chi connectivity index (χ1) is 7.96. The van der Waals surface area contributed by atoms with Crippen LogP contribution in [0.1, 0.15) is 10.4 Å². The van der Waals surface area contributed by atoms with Crippen LogP contribution in [0.4, 0.5) is 0 Å². The van der Waals surface area contributed by atoms with Crippen LogP contribution in [0.25, 0.3) is 0 Å². The second kappa shape index (κ2) is 5.15. The highest BCUT2D eigenvalue weighted by molar-refractivity contribution is 7.89. The molecule has 1 aromatic rings. The van der Waals surface area contributed by atoms with Crippen LogP contribution in [-0.2, 0) is 14.8 Å². The zero-order valence-corrected chi connectivity index (χ0v) is 10.5. The molecule has 17 heavy (non-hydrogen) atoms. The predicted octanol–water partition coefficient (Wildman–Crippen LogP) is 0.390.